The summed E-state index contributed by atoms with van der Waals surface area (Å²) in [4.78, 5) is 38.6. The van der Waals surface area contributed by atoms with Crippen molar-refractivity contribution in [3.05, 3.63) is 65.5 Å². The van der Waals surface area contributed by atoms with E-state index in [1.807, 2.05) is 13.8 Å². The highest BCUT2D eigenvalue weighted by molar-refractivity contribution is 8.00. The largest absolute Gasteiger partial charge is 0.452 e. The van der Waals surface area contributed by atoms with Gasteiger partial charge < -0.3 is 15.0 Å². The quantitative estimate of drug-likeness (QED) is 0.486. The Hall–Kier alpha value is -2.87. The molecule has 0 aliphatic carbocycles. The number of halogens is 1. The van der Waals surface area contributed by atoms with Crippen LogP contribution >= 0.6 is 11.8 Å². The molecule has 0 unspecified atom stereocenters. The van der Waals surface area contributed by atoms with Crippen molar-refractivity contribution in [2.24, 2.45) is 0 Å². The van der Waals surface area contributed by atoms with Crippen LogP contribution in [0.15, 0.2) is 53.4 Å². The van der Waals surface area contributed by atoms with Gasteiger partial charge in [-0.05, 0) is 43.7 Å². The molecule has 0 aromatic heterocycles. The van der Waals surface area contributed by atoms with Gasteiger partial charge in [-0.1, -0.05) is 24.3 Å². The van der Waals surface area contributed by atoms with Gasteiger partial charge in [-0.15, -0.1) is 11.8 Å². The topological polar surface area (TPSA) is 75.7 Å². The molecule has 160 valence electrons. The second-order valence-corrected chi connectivity index (χ2v) is 7.98. The van der Waals surface area contributed by atoms with Crippen LogP contribution in [0.2, 0.25) is 0 Å². The molecule has 6 nitrogen and oxygen atoms in total. The summed E-state index contributed by atoms with van der Waals surface area (Å²) in [5, 5.41) is 2.79. The van der Waals surface area contributed by atoms with E-state index in [0.717, 1.165) is 5.56 Å². The van der Waals surface area contributed by atoms with Crippen LogP contribution in [0.1, 0.15) is 29.8 Å². The molecule has 1 N–H and O–H groups in total. The Balaban J connectivity index is 1.90. The number of hydrogen-bond acceptors (Lipinski definition) is 5. The normalized spacial score (nSPS) is 10.6. The fraction of sp³-hybridized carbons (Fsp3) is 0.318. The van der Waals surface area contributed by atoms with Gasteiger partial charge in [0, 0.05) is 24.5 Å². The van der Waals surface area contributed by atoms with Crippen LogP contribution in [0.25, 0.3) is 0 Å². The Bertz CT molecular complexity index is 887. The molecule has 0 heterocycles. The van der Waals surface area contributed by atoms with Crippen molar-refractivity contribution >= 4 is 29.5 Å². The van der Waals surface area contributed by atoms with E-state index in [0.29, 0.717) is 10.5 Å². The predicted octanol–water partition coefficient (Wildman–Crippen LogP) is 3.26. The number of carbonyl (C=O) groups excluding carboxylic acids is 3. The lowest BCUT2D eigenvalue weighted by Gasteiger charge is -2.17. The third-order valence-electron chi connectivity index (χ3n) is 4.00. The van der Waals surface area contributed by atoms with E-state index in [2.05, 4.69) is 5.32 Å². The van der Waals surface area contributed by atoms with Crippen molar-refractivity contribution in [1.29, 1.82) is 0 Å². The molecule has 0 atom stereocenters. The molecule has 0 bridgehead atoms. The summed E-state index contributed by atoms with van der Waals surface area (Å²) >= 11 is 1.23. The monoisotopic (exact) mass is 432 g/mol. The standard InChI is InChI=1S/C22H25FN2O4S/c1-15(2)24-20(26)14-30-19-7-5-4-6-18(19)22(28)29-13-21(27)25(3)12-16-8-10-17(23)11-9-16/h4-11,15H,12-14H2,1-3H3,(H,24,26). The molecule has 0 spiro atoms. The lowest BCUT2D eigenvalue weighted by Crippen LogP contribution is -2.31. The number of rotatable bonds is 9. The molecule has 0 saturated carbocycles. The van der Waals surface area contributed by atoms with E-state index in [-0.39, 0.29) is 36.0 Å². The fourth-order valence-electron chi connectivity index (χ4n) is 2.54. The summed E-state index contributed by atoms with van der Waals surface area (Å²) in [6.45, 7) is 3.60. The van der Waals surface area contributed by atoms with E-state index >= 15 is 0 Å². The third kappa shape index (κ3) is 7.51. The lowest BCUT2D eigenvalue weighted by atomic mass is 10.2. The number of esters is 1. The zero-order valence-electron chi connectivity index (χ0n) is 17.2. The third-order valence-corrected chi connectivity index (χ3v) is 5.07. The first-order valence-electron chi connectivity index (χ1n) is 9.43. The van der Waals surface area contributed by atoms with Crippen molar-refractivity contribution in [3.63, 3.8) is 0 Å². The molecule has 0 saturated heterocycles. The van der Waals surface area contributed by atoms with Crippen molar-refractivity contribution in [2.45, 2.75) is 31.3 Å². The Morgan fingerprint density at radius 3 is 2.43 bits per heavy atom. The van der Waals surface area contributed by atoms with Gasteiger partial charge in [0.05, 0.1) is 11.3 Å². The summed E-state index contributed by atoms with van der Waals surface area (Å²) in [6.07, 6.45) is 0. The van der Waals surface area contributed by atoms with Crippen LogP contribution < -0.4 is 5.32 Å². The fourth-order valence-corrected chi connectivity index (χ4v) is 3.39. The van der Waals surface area contributed by atoms with Crippen LogP contribution in [-0.2, 0) is 20.9 Å². The van der Waals surface area contributed by atoms with Gasteiger partial charge in [-0.3, -0.25) is 9.59 Å². The summed E-state index contributed by atoms with van der Waals surface area (Å²) in [7, 11) is 1.58. The smallest absolute Gasteiger partial charge is 0.339 e. The Morgan fingerprint density at radius 1 is 1.10 bits per heavy atom. The molecule has 2 aromatic rings. The van der Waals surface area contributed by atoms with E-state index in [1.54, 1.807) is 43.4 Å². The number of carbonyl (C=O) groups is 3. The highest BCUT2D eigenvalue weighted by Crippen LogP contribution is 2.23. The van der Waals surface area contributed by atoms with E-state index in [1.165, 1.54) is 28.8 Å². The molecule has 8 heteroatoms. The first-order chi connectivity index (χ1) is 14.3. The summed E-state index contributed by atoms with van der Waals surface area (Å²) in [5.41, 5.74) is 1.06. The van der Waals surface area contributed by atoms with Gasteiger partial charge in [0.2, 0.25) is 5.91 Å². The molecule has 0 aliphatic rings. The SMILES string of the molecule is CC(C)NC(=O)CSc1ccccc1C(=O)OCC(=O)N(C)Cc1ccc(F)cc1. The molecular formula is C22H25FN2O4S. The van der Waals surface area contributed by atoms with Crippen molar-refractivity contribution in [2.75, 3.05) is 19.4 Å². The molecular weight excluding hydrogens is 407 g/mol. The van der Waals surface area contributed by atoms with Crippen molar-refractivity contribution in [3.8, 4) is 0 Å². The van der Waals surface area contributed by atoms with E-state index in [9.17, 15) is 18.8 Å². The lowest BCUT2D eigenvalue weighted by molar-refractivity contribution is -0.133. The number of nitrogens with one attached hydrogen (secondary N) is 1. The Labute approximate surface area is 179 Å². The summed E-state index contributed by atoms with van der Waals surface area (Å²) in [6, 6.07) is 12.6. The minimum Gasteiger partial charge on any atom is -0.452 e. The highest BCUT2D eigenvalue weighted by Gasteiger charge is 2.17. The van der Waals surface area contributed by atoms with Gasteiger partial charge in [0.25, 0.3) is 5.91 Å². The van der Waals surface area contributed by atoms with Crippen LogP contribution in [0, 0.1) is 5.82 Å². The van der Waals surface area contributed by atoms with Crippen molar-refractivity contribution in [1.82, 2.24) is 10.2 Å². The van der Waals surface area contributed by atoms with Crippen LogP contribution in [-0.4, -0.2) is 48.1 Å². The number of benzene rings is 2. The van der Waals surface area contributed by atoms with E-state index < -0.39 is 12.6 Å². The molecule has 0 fully saturated rings. The average Bonchev–Trinajstić information content (AvgIpc) is 2.71. The van der Waals surface area contributed by atoms with Crippen molar-refractivity contribution < 1.29 is 23.5 Å². The second kappa shape index (κ2) is 11.3. The van der Waals surface area contributed by atoms with Gasteiger partial charge in [-0.25, -0.2) is 9.18 Å². The second-order valence-electron chi connectivity index (χ2n) is 6.96. The first-order valence-corrected chi connectivity index (χ1v) is 10.4. The summed E-state index contributed by atoms with van der Waals surface area (Å²) < 4.78 is 18.2. The molecule has 2 aromatic carbocycles. The molecule has 2 rings (SSSR count). The molecule has 0 aliphatic heterocycles. The minimum atomic E-state index is -0.633. The van der Waals surface area contributed by atoms with Gasteiger partial charge in [0.1, 0.15) is 5.82 Å². The zero-order valence-corrected chi connectivity index (χ0v) is 18.0. The highest BCUT2D eigenvalue weighted by atomic mass is 32.2. The molecule has 2 amide bonds. The minimum absolute atomic E-state index is 0.0382. The van der Waals surface area contributed by atoms with Gasteiger partial charge in [-0.2, -0.15) is 0 Å². The zero-order chi connectivity index (χ0) is 22.1. The number of amides is 2. The maximum atomic E-state index is 13.0. The number of hydrogen-bond donors (Lipinski definition) is 1. The number of nitrogens with zero attached hydrogens (tertiary/aromatic N) is 1. The van der Waals surface area contributed by atoms with E-state index in [4.69, 9.17) is 4.74 Å². The van der Waals surface area contributed by atoms with Gasteiger partial charge >= 0.3 is 5.97 Å². The van der Waals surface area contributed by atoms with Crippen LogP contribution in [0.3, 0.4) is 0 Å². The first kappa shape index (κ1) is 23.4. The summed E-state index contributed by atoms with van der Waals surface area (Å²) in [5.74, 6) is -1.32. The molecule has 30 heavy (non-hydrogen) atoms. The number of thioether (sulfide) groups is 1. The maximum Gasteiger partial charge on any atom is 0.339 e. The number of ether oxygens (including phenoxy) is 1. The average molecular weight is 433 g/mol. The van der Waals surface area contributed by atoms with Gasteiger partial charge in [0.15, 0.2) is 6.61 Å². The Morgan fingerprint density at radius 2 is 1.77 bits per heavy atom. The Kier molecular flexibility index (Phi) is 8.86. The predicted molar refractivity (Wildman–Crippen MR) is 114 cm³/mol. The number of likely N-dealkylation sites (N-methyl/N-ethyl adjacent to an activating group) is 1. The van der Waals surface area contributed by atoms with Crippen LogP contribution in [0.4, 0.5) is 4.39 Å². The van der Waals surface area contributed by atoms with Crippen LogP contribution in [0.5, 0.6) is 0 Å². The maximum absolute atomic E-state index is 13.0. The molecule has 0 radical (unpaired) electrons.